The van der Waals surface area contributed by atoms with Gasteiger partial charge in [-0.05, 0) is 51.5 Å². The van der Waals surface area contributed by atoms with Gasteiger partial charge >= 0.3 is 12.1 Å². The molecule has 7 nitrogen and oxygen atoms in total. The predicted octanol–water partition coefficient (Wildman–Crippen LogP) is 3.32. The summed E-state index contributed by atoms with van der Waals surface area (Å²) in [4.78, 5) is 25.0. The number of amides is 1. The van der Waals surface area contributed by atoms with Crippen LogP contribution in [0.1, 0.15) is 40.5 Å². The highest BCUT2D eigenvalue weighted by molar-refractivity contribution is 5.81. The number of hydrogen-bond acceptors (Lipinski definition) is 5. The molecule has 0 bridgehead atoms. The molecule has 144 valence electrons. The molecule has 1 amide bonds. The third kappa shape index (κ3) is 5.54. The van der Waals surface area contributed by atoms with E-state index in [2.05, 4.69) is 0 Å². The van der Waals surface area contributed by atoms with Crippen LogP contribution in [0.25, 0.3) is 0 Å². The fourth-order valence-electron chi connectivity index (χ4n) is 2.67. The Bertz CT molecular complexity index is 622. The van der Waals surface area contributed by atoms with Crippen LogP contribution in [0.3, 0.4) is 0 Å². The van der Waals surface area contributed by atoms with Crippen molar-refractivity contribution in [1.82, 2.24) is 4.90 Å². The number of rotatable bonds is 6. The fraction of sp³-hybridized carbons (Fsp3) is 0.579. The number of ether oxygens (including phenoxy) is 3. The lowest BCUT2D eigenvalue weighted by molar-refractivity contribution is -0.142. The molecule has 1 heterocycles. The Morgan fingerprint density at radius 3 is 2.35 bits per heavy atom. The minimum Gasteiger partial charge on any atom is -0.494 e. The summed E-state index contributed by atoms with van der Waals surface area (Å²) in [5.74, 6) is 0.295. The molecule has 1 aromatic carbocycles. The van der Waals surface area contributed by atoms with E-state index in [9.17, 15) is 14.7 Å². The van der Waals surface area contributed by atoms with Gasteiger partial charge in [0.15, 0.2) is 0 Å². The van der Waals surface area contributed by atoms with Crippen LogP contribution in [0.5, 0.6) is 11.5 Å². The Labute approximate surface area is 153 Å². The largest absolute Gasteiger partial charge is 0.494 e. The van der Waals surface area contributed by atoms with Gasteiger partial charge in [-0.1, -0.05) is 6.92 Å². The highest BCUT2D eigenvalue weighted by atomic mass is 16.6. The van der Waals surface area contributed by atoms with E-state index >= 15 is 0 Å². The molecule has 0 unspecified atom stereocenters. The summed E-state index contributed by atoms with van der Waals surface area (Å²) in [6.45, 7) is 8.08. The van der Waals surface area contributed by atoms with Crippen LogP contribution in [0.15, 0.2) is 24.3 Å². The van der Waals surface area contributed by atoms with Crippen molar-refractivity contribution in [2.24, 2.45) is 0 Å². The van der Waals surface area contributed by atoms with Gasteiger partial charge < -0.3 is 19.3 Å². The summed E-state index contributed by atoms with van der Waals surface area (Å²) in [6, 6.07) is 6.20. The van der Waals surface area contributed by atoms with Crippen LogP contribution < -0.4 is 9.47 Å². The normalized spacial score (nSPS) is 19.9. The first-order valence-electron chi connectivity index (χ1n) is 8.81. The molecule has 1 aliphatic heterocycles. The number of benzene rings is 1. The smallest absolute Gasteiger partial charge is 0.411 e. The maximum Gasteiger partial charge on any atom is 0.411 e. The van der Waals surface area contributed by atoms with Crippen molar-refractivity contribution in [1.29, 1.82) is 0 Å². The average molecular weight is 365 g/mol. The number of carbonyl (C=O) groups excluding carboxylic acids is 1. The van der Waals surface area contributed by atoms with Crippen LogP contribution >= 0.6 is 0 Å². The van der Waals surface area contributed by atoms with E-state index in [1.807, 2.05) is 6.92 Å². The molecule has 2 atom stereocenters. The van der Waals surface area contributed by atoms with Gasteiger partial charge in [-0.3, -0.25) is 4.90 Å². The van der Waals surface area contributed by atoms with Gasteiger partial charge in [0.05, 0.1) is 13.2 Å². The number of aliphatic carboxylic acids is 1. The highest BCUT2D eigenvalue weighted by Crippen LogP contribution is 2.26. The zero-order chi connectivity index (χ0) is 19.3. The Morgan fingerprint density at radius 2 is 1.81 bits per heavy atom. The van der Waals surface area contributed by atoms with Gasteiger partial charge in [-0.2, -0.15) is 0 Å². The Hall–Kier alpha value is -2.44. The molecular formula is C19H27NO6. The second kappa shape index (κ2) is 8.29. The summed E-state index contributed by atoms with van der Waals surface area (Å²) in [5.41, 5.74) is -0.687. The lowest BCUT2D eigenvalue weighted by Crippen LogP contribution is -2.43. The van der Waals surface area contributed by atoms with Crippen LogP contribution in [-0.4, -0.2) is 53.0 Å². The minimum atomic E-state index is -1.06. The van der Waals surface area contributed by atoms with Gasteiger partial charge in [0, 0.05) is 6.42 Å². The third-order valence-corrected chi connectivity index (χ3v) is 3.78. The van der Waals surface area contributed by atoms with Gasteiger partial charge in [-0.25, -0.2) is 9.59 Å². The monoisotopic (exact) mass is 365 g/mol. The Kier molecular flexibility index (Phi) is 6.34. The lowest BCUT2D eigenvalue weighted by Gasteiger charge is -2.26. The van der Waals surface area contributed by atoms with E-state index in [-0.39, 0.29) is 13.0 Å². The Balaban J connectivity index is 2.00. The van der Waals surface area contributed by atoms with Crippen LogP contribution in [0.2, 0.25) is 0 Å². The summed E-state index contributed by atoms with van der Waals surface area (Å²) >= 11 is 0. The Morgan fingerprint density at radius 1 is 1.19 bits per heavy atom. The van der Waals surface area contributed by atoms with Crippen molar-refractivity contribution >= 4 is 12.1 Å². The van der Waals surface area contributed by atoms with Gasteiger partial charge in [0.25, 0.3) is 0 Å². The first-order valence-corrected chi connectivity index (χ1v) is 8.81. The number of likely N-dealkylation sites (tertiary alicyclic amines) is 1. The topological polar surface area (TPSA) is 85.3 Å². The summed E-state index contributed by atoms with van der Waals surface area (Å²) in [5, 5.41) is 9.41. The molecule has 0 aromatic heterocycles. The third-order valence-electron chi connectivity index (χ3n) is 3.78. The summed E-state index contributed by atoms with van der Waals surface area (Å²) in [7, 11) is 0. The molecule has 0 aliphatic carbocycles. The molecule has 0 spiro atoms. The maximum atomic E-state index is 12.3. The van der Waals surface area contributed by atoms with E-state index in [1.165, 1.54) is 4.90 Å². The number of carboxylic acid groups (broad SMARTS) is 1. The van der Waals surface area contributed by atoms with Crippen molar-refractivity contribution in [2.45, 2.75) is 58.3 Å². The van der Waals surface area contributed by atoms with Gasteiger partial charge in [0.1, 0.15) is 29.2 Å². The number of carboxylic acids is 1. The van der Waals surface area contributed by atoms with Crippen molar-refractivity contribution in [3.63, 3.8) is 0 Å². The molecule has 0 radical (unpaired) electrons. The van der Waals surface area contributed by atoms with Gasteiger partial charge in [-0.15, -0.1) is 0 Å². The van der Waals surface area contributed by atoms with Crippen molar-refractivity contribution in [2.75, 3.05) is 13.2 Å². The lowest BCUT2D eigenvalue weighted by atomic mass is 10.2. The molecule has 1 aliphatic rings. The van der Waals surface area contributed by atoms with E-state index in [4.69, 9.17) is 14.2 Å². The van der Waals surface area contributed by atoms with Crippen molar-refractivity contribution in [3.8, 4) is 11.5 Å². The molecule has 1 saturated heterocycles. The molecule has 1 aromatic rings. The number of nitrogens with zero attached hydrogens (tertiary/aromatic N) is 1. The zero-order valence-corrected chi connectivity index (χ0v) is 15.7. The first kappa shape index (κ1) is 19.9. The van der Waals surface area contributed by atoms with Crippen LogP contribution in [-0.2, 0) is 9.53 Å². The second-order valence-electron chi connectivity index (χ2n) is 7.28. The SMILES string of the molecule is CCCOc1ccc(O[C@H]2C[C@@H](C(=O)O)N(C(=O)OC(C)(C)C)C2)cc1. The summed E-state index contributed by atoms with van der Waals surface area (Å²) < 4.78 is 16.7. The number of hydrogen-bond donors (Lipinski definition) is 1. The molecule has 1 fully saturated rings. The first-order chi connectivity index (χ1) is 12.2. The fourth-order valence-corrected chi connectivity index (χ4v) is 2.67. The highest BCUT2D eigenvalue weighted by Gasteiger charge is 2.42. The van der Waals surface area contributed by atoms with E-state index in [1.54, 1.807) is 45.0 Å². The van der Waals surface area contributed by atoms with E-state index in [0.717, 1.165) is 12.2 Å². The molecule has 1 N–H and O–H groups in total. The average Bonchev–Trinajstić information content (AvgIpc) is 2.97. The predicted molar refractivity (Wildman–Crippen MR) is 95.6 cm³/mol. The number of carbonyl (C=O) groups is 2. The van der Waals surface area contributed by atoms with E-state index < -0.39 is 29.8 Å². The quantitative estimate of drug-likeness (QED) is 0.832. The van der Waals surface area contributed by atoms with Crippen LogP contribution in [0, 0.1) is 0 Å². The van der Waals surface area contributed by atoms with Crippen molar-refractivity contribution in [3.05, 3.63) is 24.3 Å². The minimum absolute atomic E-state index is 0.167. The summed E-state index contributed by atoms with van der Waals surface area (Å²) in [6.07, 6.45) is 0.0883. The molecular weight excluding hydrogens is 338 g/mol. The maximum absolute atomic E-state index is 12.3. The molecule has 26 heavy (non-hydrogen) atoms. The molecule has 0 saturated carbocycles. The van der Waals surface area contributed by atoms with E-state index in [0.29, 0.717) is 12.4 Å². The molecule has 7 heteroatoms. The van der Waals surface area contributed by atoms with Crippen molar-refractivity contribution < 1.29 is 28.9 Å². The van der Waals surface area contributed by atoms with Gasteiger partial charge in [0.2, 0.25) is 0 Å². The second-order valence-corrected chi connectivity index (χ2v) is 7.28. The zero-order valence-electron chi connectivity index (χ0n) is 15.7. The molecule has 2 rings (SSSR count). The standard InChI is InChI=1S/C19H27NO6/c1-5-10-24-13-6-8-14(9-7-13)25-15-11-16(17(21)22)20(12-15)18(23)26-19(2,3)4/h6-9,15-16H,5,10-12H2,1-4H3,(H,21,22)/t15-,16-/m0/s1. The van der Waals surface area contributed by atoms with Crippen LogP contribution in [0.4, 0.5) is 4.79 Å².